The fourth-order valence-electron chi connectivity index (χ4n) is 2.20. The number of aliphatic hydroxyl groups excluding tert-OH is 1. The van der Waals surface area contributed by atoms with E-state index in [1.54, 1.807) is 11.5 Å². The van der Waals surface area contributed by atoms with Crippen molar-refractivity contribution in [1.82, 2.24) is 14.5 Å². The zero-order valence-electron chi connectivity index (χ0n) is 13.2. The summed E-state index contributed by atoms with van der Waals surface area (Å²) in [6, 6.07) is 0. The van der Waals surface area contributed by atoms with Gasteiger partial charge in [0, 0.05) is 12.6 Å². The molecule has 2 rings (SSSR count). The lowest BCUT2D eigenvalue weighted by molar-refractivity contribution is -0.0605. The van der Waals surface area contributed by atoms with Gasteiger partial charge in [-0.25, -0.2) is 9.97 Å². The molecular formula is C16H19N5O3. The highest BCUT2D eigenvalue weighted by molar-refractivity contribution is 6.08. The largest absolute Gasteiger partial charge is 0.394 e. The summed E-state index contributed by atoms with van der Waals surface area (Å²) in [5.41, 5.74) is 11.8. The van der Waals surface area contributed by atoms with Crippen LogP contribution in [0.4, 0.5) is 5.82 Å². The van der Waals surface area contributed by atoms with E-state index in [0.717, 1.165) is 0 Å². The van der Waals surface area contributed by atoms with E-state index in [1.807, 2.05) is 0 Å². The summed E-state index contributed by atoms with van der Waals surface area (Å²) in [5.74, 6) is 1.95. The van der Waals surface area contributed by atoms with Crippen LogP contribution >= 0.6 is 0 Å². The molecule has 0 radical (unpaired) electrons. The Balaban J connectivity index is 0.00000139. The third kappa shape index (κ3) is 3.82. The number of hydrogen-bond acceptors (Lipinski definition) is 6. The van der Waals surface area contributed by atoms with Gasteiger partial charge in [0.05, 0.1) is 23.7 Å². The van der Waals surface area contributed by atoms with Crippen molar-refractivity contribution in [3.63, 3.8) is 0 Å². The second-order valence-corrected chi connectivity index (χ2v) is 4.72. The number of ether oxygens (including phenoxy) is 1. The van der Waals surface area contributed by atoms with Crippen LogP contribution in [0.5, 0.6) is 0 Å². The summed E-state index contributed by atoms with van der Waals surface area (Å²) in [7, 11) is 0. The Kier molecular flexibility index (Phi) is 6.75. The average molecular weight is 329 g/mol. The highest BCUT2D eigenvalue weighted by atomic mass is 16.5. The van der Waals surface area contributed by atoms with E-state index >= 15 is 0 Å². The molecule has 2 heterocycles. The van der Waals surface area contributed by atoms with E-state index in [0.29, 0.717) is 11.0 Å². The zero-order chi connectivity index (χ0) is 18.3. The normalized spacial score (nSPS) is 12.6. The molecule has 0 unspecified atom stereocenters. The van der Waals surface area contributed by atoms with Crippen molar-refractivity contribution < 1.29 is 14.6 Å². The van der Waals surface area contributed by atoms with Gasteiger partial charge in [-0.1, -0.05) is 0 Å². The number of aromatic nitrogens is 3. The van der Waals surface area contributed by atoms with E-state index in [1.165, 1.54) is 12.5 Å². The Morgan fingerprint density at radius 1 is 1.50 bits per heavy atom. The molecule has 8 heteroatoms. The molecule has 0 bridgehead atoms. The number of rotatable bonds is 6. The van der Waals surface area contributed by atoms with Crippen LogP contribution in [0.15, 0.2) is 12.5 Å². The minimum absolute atomic E-state index is 0.159. The third-order valence-electron chi connectivity index (χ3n) is 3.23. The van der Waals surface area contributed by atoms with Gasteiger partial charge in [-0.05, 0) is 6.92 Å². The van der Waals surface area contributed by atoms with Crippen LogP contribution in [0.2, 0.25) is 0 Å². The van der Waals surface area contributed by atoms with Crippen molar-refractivity contribution in [2.24, 2.45) is 5.73 Å². The summed E-state index contributed by atoms with van der Waals surface area (Å²) in [6.45, 7) is 1.52. The van der Waals surface area contributed by atoms with Crippen LogP contribution in [0.25, 0.3) is 11.0 Å². The summed E-state index contributed by atoms with van der Waals surface area (Å²) >= 11 is 0. The molecule has 0 saturated heterocycles. The lowest BCUT2D eigenvalue weighted by Gasteiger charge is -2.21. The number of nitrogens with two attached hydrogens (primary N) is 2. The first-order valence-electron chi connectivity index (χ1n) is 6.93. The SMILES string of the molecule is C#C.C#CC[C@@H](CO)O[C@H](C)n1cc(C(N)=O)c2c(N)ncnc21. The second-order valence-electron chi connectivity index (χ2n) is 4.72. The standard InChI is InChI=1S/C14H17N5O3.C2H2/c1-3-4-9(6-20)22-8(2)19-5-10(13(16)21)11-12(15)17-7-18-14(11)19;1-2/h1,5,7-9,20H,4,6H2,2H3,(H2,16,21)(H2,15,17,18);1-2H/t8-,9+;/m1./s1. The van der Waals surface area contributed by atoms with Gasteiger partial charge in [0.15, 0.2) is 0 Å². The molecule has 2 atom stereocenters. The number of carbonyl (C=O) groups is 1. The maximum Gasteiger partial charge on any atom is 0.251 e. The predicted molar refractivity (Wildman–Crippen MR) is 90.5 cm³/mol. The zero-order valence-corrected chi connectivity index (χ0v) is 13.2. The molecule has 2 aromatic heterocycles. The van der Waals surface area contributed by atoms with E-state index in [2.05, 4.69) is 28.7 Å². The average Bonchev–Trinajstić information content (AvgIpc) is 2.97. The lowest BCUT2D eigenvalue weighted by Crippen LogP contribution is -2.22. The molecule has 5 N–H and O–H groups in total. The number of carbonyl (C=O) groups excluding carboxylic acids is 1. The molecule has 0 fully saturated rings. The Labute approximate surface area is 139 Å². The van der Waals surface area contributed by atoms with Gasteiger partial charge >= 0.3 is 0 Å². The number of primary amides is 1. The first-order chi connectivity index (χ1) is 11.5. The summed E-state index contributed by atoms with van der Waals surface area (Å²) in [6.07, 6.45) is 15.2. The van der Waals surface area contributed by atoms with Crippen LogP contribution in [0.1, 0.15) is 29.9 Å². The topological polar surface area (TPSA) is 129 Å². The fraction of sp³-hybridized carbons (Fsp3) is 0.312. The second kappa shape index (κ2) is 8.53. The van der Waals surface area contributed by atoms with Gasteiger partial charge in [0.1, 0.15) is 24.0 Å². The van der Waals surface area contributed by atoms with Crippen LogP contribution in [-0.2, 0) is 4.74 Å². The van der Waals surface area contributed by atoms with Gasteiger partial charge in [-0.15, -0.1) is 25.2 Å². The van der Waals surface area contributed by atoms with Gasteiger partial charge in [0.25, 0.3) is 5.91 Å². The van der Waals surface area contributed by atoms with Crippen molar-refractivity contribution in [2.75, 3.05) is 12.3 Å². The lowest BCUT2D eigenvalue weighted by atomic mass is 10.2. The molecule has 2 aromatic rings. The van der Waals surface area contributed by atoms with Crippen molar-refractivity contribution in [1.29, 1.82) is 0 Å². The molecule has 0 saturated carbocycles. The summed E-state index contributed by atoms with van der Waals surface area (Å²) in [5, 5.41) is 9.63. The molecular weight excluding hydrogens is 310 g/mol. The van der Waals surface area contributed by atoms with Gasteiger partial charge < -0.3 is 25.9 Å². The van der Waals surface area contributed by atoms with Crippen LogP contribution in [0.3, 0.4) is 0 Å². The van der Waals surface area contributed by atoms with Crippen molar-refractivity contribution in [3.05, 3.63) is 18.1 Å². The minimum Gasteiger partial charge on any atom is -0.394 e. The van der Waals surface area contributed by atoms with E-state index in [9.17, 15) is 9.90 Å². The number of amides is 1. The highest BCUT2D eigenvalue weighted by Crippen LogP contribution is 2.27. The van der Waals surface area contributed by atoms with Crippen molar-refractivity contribution in [2.45, 2.75) is 25.7 Å². The maximum atomic E-state index is 11.6. The van der Waals surface area contributed by atoms with Crippen molar-refractivity contribution in [3.8, 4) is 25.2 Å². The third-order valence-corrected chi connectivity index (χ3v) is 3.23. The predicted octanol–water partition coefficient (Wildman–Crippen LogP) is 0.281. The van der Waals surface area contributed by atoms with Gasteiger partial charge in [0.2, 0.25) is 0 Å². The smallest absolute Gasteiger partial charge is 0.251 e. The van der Waals surface area contributed by atoms with Crippen LogP contribution in [0, 0.1) is 25.2 Å². The Bertz CT molecular complexity index is 775. The highest BCUT2D eigenvalue weighted by Gasteiger charge is 2.21. The molecule has 0 aromatic carbocycles. The van der Waals surface area contributed by atoms with Gasteiger partial charge in [-0.3, -0.25) is 4.79 Å². The van der Waals surface area contributed by atoms with E-state index in [-0.39, 0.29) is 24.4 Å². The molecule has 8 nitrogen and oxygen atoms in total. The van der Waals surface area contributed by atoms with Gasteiger partial charge in [-0.2, -0.15) is 0 Å². The monoisotopic (exact) mass is 329 g/mol. The molecule has 0 aliphatic heterocycles. The Morgan fingerprint density at radius 3 is 2.71 bits per heavy atom. The number of nitrogen functional groups attached to an aromatic ring is 1. The molecule has 24 heavy (non-hydrogen) atoms. The van der Waals surface area contributed by atoms with Crippen LogP contribution in [-0.4, -0.2) is 38.3 Å². The minimum atomic E-state index is -0.639. The summed E-state index contributed by atoms with van der Waals surface area (Å²) in [4.78, 5) is 19.6. The first kappa shape index (κ1) is 19.0. The molecule has 0 spiro atoms. The molecule has 126 valence electrons. The van der Waals surface area contributed by atoms with Crippen LogP contribution < -0.4 is 11.5 Å². The van der Waals surface area contributed by atoms with Crippen molar-refractivity contribution >= 4 is 22.8 Å². The number of fused-ring (bicyclic) bond motifs is 1. The summed E-state index contributed by atoms with van der Waals surface area (Å²) < 4.78 is 7.29. The quantitative estimate of drug-likeness (QED) is 0.653. The molecule has 0 aliphatic carbocycles. The molecule has 1 amide bonds. The number of anilines is 1. The number of nitrogens with zero attached hydrogens (tertiary/aromatic N) is 3. The first-order valence-corrected chi connectivity index (χ1v) is 6.93. The number of hydrogen-bond donors (Lipinski definition) is 3. The Morgan fingerprint density at radius 2 is 2.17 bits per heavy atom. The number of terminal acetylenes is 2. The molecule has 0 aliphatic rings. The van der Waals surface area contributed by atoms with E-state index < -0.39 is 18.2 Å². The number of aliphatic hydroxyl groups is 1. The fourth-order valence-corrected chi connectivity index (χ4v) is 2.20. The Hall–Kier alpha value is -3.07. The van der Waals surface area contributed by atoms with E-state index in [4.69, 9.17) is 22.6 Å². The maximum absolute atomic E-state index is 11.6.